The largest absolute Gasteiger partial charge is 0.390 e. The maximum Gasteiger partial charge on any atom is 0.223 e. The maximum atomic E-state index is 12.8. The average Bonchev–Trinajstić information content (AvgIpc) is 3.67. The number of anilines is 2. The molecule has 1 unspecified atom stereocenters. The average molecular weight is 598 g/mol. The zero-order valence-electron chi connectivity index (χ0n) is 24.5. The SMILES string of the molecule is CC(C)Nc1cc(-c2ccc3cc(C#N)cnn23)ncc1-c1nnc(N2C[C@H]3CC[C@@H](C2)C3NC(=O)C2CC(C)(O)C2)s1. The number of nitriles is 1. The zero-order chi connectivity index (χ0) is 29.9. The van der Waals surface area contributed by atoms with E-state index in [1.807, 2.05) is 30.5 Å². The van der Waals surface area contributed by atoms with E-state index in [-0.39, 0.29) is 23.9 Å². The molecule has 7 rings (SSSR count). The molecule has 2 bridgehead atoms. The Morgan fingerprint density at radius 2 is 1.93 bits per heavy atom. The number of piperidine rings is 1. The van der Waals surface area contributed by atoms with Gasteiger partial charge in [-0.15, -0.1) is 10.2 Å². The summed E-state index contributed by atoms with van der Waals surface area (Å²) in [7, 11) is 0. The van der Waals surface area contributed by atoms with Crippen molar-refractivity contribution in [3.63, 3.8) is 0 Å². The molecule has 5 heterocycles. The minimum Gasteiger partial charge on any atom is -0.390 e. The van der Waals surface area contributed by atoms with E-state index in [4.69, 9.17) is 4.98 Å². The summed E-state index contributed by atoms with van der Waals surface area (Å²) < 4.78 is 1.79. The first-order chi connectivity index (χ1) is 20.7. The van der Waals surface area contributed by atoms with Crippen molar-refractivity contribution < 1.29 is 9.90 Å². The highest BCUT2D eigenvalue weighted by Gasteiger charge is 2.47. The number of carbonyl (C=O) groups is 1. The lowest BCUT2D eigenvalue weighted by atomic mass is 9.71. The summed E-state index contributed by atoms with van der Waals surface area (Å²) in [5.41, 5.74) is 4.06. The van der Waals surface area contributed by atoms with Crippen molar-refractivity contribution in [2.24, 2.45) is 17.8 Å². The molecule has 3 fully saturated rings. The van der Waals surface area contributed by atoms with Crippen LogP contribution in [0.4, 0.5) is 10.8 Å². The Morgan fingerprint density at radius 3 is 2.63 bits per heavy atom. The molecular weight excluding hydrogens is 562 g/mol. The highest BCUT2D eigenvalue weighted by molar-refractivity contribution is 7.18. The van der Waals surface area contributed by atoms with Crippen LogP contribution in [-0.2, 0) is 4.79 Å². The van der Waals surface area contributed by atoms with E-state index in [2.05, 4.69) is 50.7 Å². The quantitative estimate of drug-likeness (QED) is 0.287. The number of amides is 1. The van der Waals surface area contributed by atoms with Gasteiger partial charge in [0, 0.05) is 43.0 Å². The van der Waals surface area contributed by atoms with E-state index >= 15 is 0 Å². The van der Waals surface area contributed by atoms with Gasteiger partial charge < -0.3 is 20.6 Å². The normalized spacial score (nSPS) is 26.4. The van der Waals surface area contributed by atoms with Crippen LogP contribution in [0.15, 0.2) is 36.7 Å². The number of hydrogen-bond acceptors (Lipinski definition) is 10. The number of carbonyl (C=O) groups excluding carboxylic acids is 1. The molecule has 2 aliphatic carbocycles. The van der Waals surface area contributed by atoms with E-state index in [1.165, 1.54) is 0 Å². The van der Waals surface area contributed by atoms with Crippen LogP contribution in [0, 0.1) is 29.1 Å². The summed E-state index contributed by atoms with van der Waals surface area (Å²) in [5.74, 6) is 0.780. The van der Waals surface area contributed by atoms with Gasteiger partial charge in [0.1, 0.15) is 6.07 Å². The fourth-order valence-corrected chi connectivity index (χ4v) is 7.87. The Balaban J connectivity index is 1.10. The lowest BCUT2D eigenvalue weighted by Gasteiger charge is -2.42. The Bertz CT molecular complexity index is 1720. The third kappa shape index (κ3) is 5.21. The van der Waals surface area contributed by atoms with Crippen LogP contribution in [-0.4, -0.2) is 66.6 Å². The summed E-state index contributed by atoms with van der Waals surface area (Å²) in [6.07, 6.45) is 6.68. The van der Waals surface area contributed by atoms with Crippen molar-refractivity contribution in [3.8, 4) is 28.0 Å². The number of hydrogen-bond donors (Lipinski definition) is 3. The molecular formula is C31H35N9O2S. The topological polar surface area (TPSA) is 144 Å². The standard InChI is InChI=1S/C31H35N9O2S/c1-17(2)35-24-9-25(26-7-6-22-8-18(12-32)13-34-40(22)26)33-14-23(24)29-37-38-30(43-29)39-15-19-4-5-20(16-39)27(19)36-28(41)21-10-31(3,42)11-21/h6-9,13-14,17,19-21,27,42H,4-5,10-11,15-16H2,1-3H3,(H,33,35)(H,36,41)/t19-,20+,21?,27?,31?. The lowest BCUT2D eigenvalue weighted by Crippen LogP contribution is -2.56. The first-order valence-electron chi connectivity index (χ1n) is 14.9. The smallest absolute Gasteiger partial charge is 0.223 e. The van der Waals surface area contributed by atoms with Gasteiger partial charge in [0.05, 0.1) is 39.8 Å². The maximum absolute atomic E-state index is 12.8. The van der Waals surface area contributed by atoms with Crippen LogP contribution in [0.1, 0.15) is 52.0 Å². The number of nitrogens with zero attached hydrogens (tertiary/aromatic N) is 7. The van der Waals surface area contributed by atoms with E-state index in [9.17, 15) is 15.2 Å². The molecule has 222 valence electrons. The predicted octanol–water partition coefficient (Wildman–Crippen LogP) is 4.10. The molecule has 1 saturated heterocycles. The molecule has 12 heteroatoms. The Kier molecular flexibility index (Phi) is 6.82. The molecule has 4 aromatic rings. The van der Waals surface area contributed by atoms with Crippen molar-refractivity contribution >= 4 is 33.6 Å². The van der Waals surface area contributed by atoms with Crippen molar-refractivity contribution in [3.05, 3.63) is 42.2 Å². The van der Waals surface area contributed by atoms with Gasteiger partial charge in [0.25, 0.3) is 0 Å². The summed E-state index contributed by atoms with van der Waals surface area (Å²) in [5, 5.41) is 41.5. The van der Waals surface area contributed by atoms with Crippen LogP contribution in [0.5, 0.6) is 0 Å². The van der Waals surface area contributed by atoms with Crippen LogP contribution in [0.3, 0.4) is 0 Å². The molecule has 3 atom stereocenters. The Morgan fingerprint density at radius 1 is 1.16 bits per heavy atom. The van der Waals surface area contributed by atoms with E-state index in [1.54, 1.807) is 29.0 Å². The van der Waals surface area contributed by atoms with Crippen molar-refractivity contribution in [1.82, 2.24) is 30.1 Å². The van der Waals surface area contributed by atoms with E-state index < -0.39 is 5.60 Å². The van der Waals surface area contributed by atoms with Gasteiger partial charge in [0.15, 0.2) is 5.01 Å². The van der Waals surface area contributed by atoms with Gasteiger partial charge in [-0.1, -0.05) is 11.3 Å². The van der Waals surface area contributed by atoms with Crippen molar-refractivity contribution in [1.29, 1.82) is 5.26 Å². The third-order valence-electron chi connectivity index (χ3n) is 9.04. The fourth-order valence-electron chi connectivity index (χ4n) is 6.99. The molecule has 43 heavy (non-hydrogen) atoms. The van der Waals surface area contributed by atoms with Gasteiger partial charge in [-0.05, 0) is 82.6 Å². The molecule has 2 saturated carbocycles. The number of aliphatic hydroxyl groups is 1. The Labute approximate surface area is 254 Å². The fraction of sp³-hybridized carbons (Fsp3) is 0.484. The second-order valence-corrected chi connectivity index (χ2v) is 13.8. The highest BCUT2D eigenvalue weighted by Crippen LogP contribution is 2.43. The predicted molar refractivity (Wildman–Crippen MR) is 165 cm³/mol. The molecule has 0 radical (unpaired) electrons. The second-order valence-electron chi connectivity index (χ2n) is 12.9. The first-order valence-corrected chi connectivity index (χ1v) is 15.8. The van der Waals surface area contributed by atoms with Gasteiger partial charge in [-0.3, -0.25) is 9.78 Å². The van der Waals surface area contributed by atoms with Gasteiger partial charge >= 0.3 is 0 Å². The number of rotatable bonds is 7. The van der Waals surface area contributed by atoms with E-state index in [0.29, 0.717) is 30.2 Å². The summed E-state index contributed by atoms with van der Waals surface area (Å²) in [4.78, 5) is 19.9. The lowest BCUT2D eigenvalue weighted by molar-refractivity contribution is -0.140. The molecule has 0 aromatic carbocycles. The molecule has 4 aromatic heterocycles. The number of pyridine rings is 1. The van der Waals surface area contributed by atoms with Crippen LogP contribution in [0.2, 0.25) is 0 Å². The summed E-state index contributed by atoms with van der Waals surface area (Å²) in [6, 6.07) is 10.2. The van der Waals surface area contributed by atoms with Crippen molar-refractivity contribution in [2.45, 2.75) is 64.1 Å². The highest BCUT2D eigenvalue weighted by atomic mass is 32.1. The monoisotopic (exact) mass is 597 g/mol. The molecule has 1 aliphatic heterocycles. The van der Waals surface area contributed by atoms with E-state index in [0.717, 1.165) is 64.2 Å². The van der Waals surface area contributed by atoms with Crippen LogP contribution < -0.4 is 15.5 Å². The Hall–Kier alpha value is -4.08. The summed E-state index contributed by atoms with van der Waals surface area (Å²) in [6.45, 7) is 7.68. The van der Waals surface area contributed by atoms with Crippen LogP contribution in [0.25, 0.3) is 27.5 Å². The van der Waals surface area contributed by atoms with Gasteiger partial charge in [-0.25, -0.2) is 4.52 Å². The third-order valence-corrected chi connectivity index (χ3v) is 10.1. The number of fused-ring (bicyclic) bond motifs is 3. The molecule has 3 aliphatic rings. The minimum atomic E-state index is -0.697. The first kappa shape index (κ1) is 27.7. The summed E-state index contributed by atoms with van der Waals surface area (Å²) >= 11 is 1.57. The second kappa shape index (κ2) is 10.6. The molecule has 0 spiro atoms. The van der Waals surface area contributed by atoms with Gasteiger partial charge in [0.2, 0.25) is 11.0 Å². The van der Waals surface area contributed by atoms with Gasteiger partial charge in [-0.2, -0.15) is 10.4 Å². The van der Waals surface area contributed by atoms with Crippen LogP contribution >= 0.6 is 11.3 Å². The molecule has 1 amide bonds. The molecule has 11 nitrogen and oxygen atoms in total. The molecule has 3 N–H and O–H groups in total. The minimum absolute atomic E-state index is 0.0732. The number of nitrogens with one attached hydrogen (secondary N) is 2. The van der Waals surface area contributed by atoms with Crippen molar-refractivity contribution in [2.75, 3.05) is 23.3 Å². The zero-order valence-corrected chi connectivity index (χ0v) is 25.3. The number of aromatic nitrogens is 5.